The molecule has 0 radical (unpaired) electrons. The van der Waals surface area contributed by atoms with E-state index in [-0.39, 0.29) is 5.91 Å². The molecule has 2 saturated heterocycles. The monoisotopic (exact) mass is 399 g/mol. The molecule has 2 fully saturated rings. The molecule has 2 atom stereocenters. The van der Waals surface area contributed by atoms with E-state index in [9.17, 15) is 4.79 Å². The van der Waals surface area contributed by atoms with Gasteiger partial charge in [0.05, 0.1) is 24.2 Å². The number of likely N-dealkylation sites (tertiary alicyclic amines) is 1. The molecule has 158 valence electrons. The van der Waals surface area contributed by atoms with Gasteiger partial charge in [0.15, 0.2) is 0 Å². The maximum Gasteiger partial charge on any atom is 0.253 e. The zero-order valence-corrected chi connectivity index (χ0v) is 18.1. The summed E-state index contributed by atoms with van der Waals surface area (Å²) >= 11 is 0. The molecule has 1 aromatic heterocycles. The Labute approximate surface area is 173 Å². The van der Waals surface area contributed by atoms with E-state index in [0.29, 0.717) is 12.0 Å². The molecule has 0 saturated carbocycles. The Hall–Kier alpha value is -2.12. The molecule has 29 heavy (non-hydrogen) atoms. The number of anilines is 1. The number of fused-ring (bicyclic) bond motifs is 1. The smallest absolute Gasteiger partial charge is 0.253 e. The summed E-state index contributed by atoms with van der Waals surface area (Å²) in [6.07, 6.45) is 2.32. The molecule has 7 heteroatoms. The van der Waals surface area contributed by atoms with Crippen LogP contribution in [0.4, 0.5) is 5.95 Å². The van der Waals surface area contributed by atoms with Gasteiger partial charge in [0.2, 0.25) is 5.95 Å². The minimum absolute atomic E-state index is 0.121. The summed E-state index contributed by atoms with van der Waals surface area (Å²) in [7, 11) is 6.28. The molecular formula is C22H33N5O2. The number of morpholine rings is 1. The van der Waals surface area contributed by atoms with Crippen LogP contribution >= 0.6 is 0 Å². The number of hydrogen-bond donors (Lipinski definition) is 0. The first-order valence-corrected chi connectivity index (χ1v) is 10.7. The first-order valence-electron chi connectivity index (χ1n) is 10.7. The van der Waals surface area contributed by atoms with E-state index in [4.69, 9.17) is 9.72 Å². The van der Waals surface area contributed by atoms with E-state index >= 15 is 0 Å². The Morgan fingerprint density at radius 1 is 1.24 bits per heavy atom. The molecule has 0 aliphatic carbocycles. The van der Waals surface area contributed by atoms with Crippen LogP contribution in [0.1, 0.15) is 30.1 Å². The molecule has 2 aliphatic heterocycles. The highest BCUT2D eigenvalue weighted by Crippen LogP contribution is 2.28. The summed E-state index contributed by atoms with van der Waals surface area (Å²) in [6, 6.07) is 6.38. The van der Waals surface area contributed by atoms with Crippen LogP contribution in [0.3, 0.4) is 0 Å². The van der Waals surface area contributed by atoms with E-state index in [0.717, 1.165) is 74.8 Å². The van der Waals surface area contributed by atoms with Gasteiger partial charge in [-0.1, -0.05) is 13.3 Å². The van der Waals surface area contributed by atoms with Gasteiger partial charge in [-0.15, -0.1) is 0 Å². The van der Waals surface area contributed by atoms with Crippen molar-refractivity contribution in [1.82, 2.24) is 19.4 Å². The summed E-state index contributed by atoms with van der Waals surface area (Å²) < 4.78 is 7.58. The van der Waals surface area contributed by atoms with E-state index < -0.39 is 0 Å². The molecule has 4 rings (SSSR count). The summed E-state index contributed by atoms with van der Waals surface area (Å²) in [4.78, 5) is 24.6. The maximum atomic E-state index is 13.2. The van der Waals surface area contributed by atoms with Crippen molar-refractivity contribution in [1.29, 1.82) is 0 Å². The van der Waals surface area contributed by atoms with E-state index in [2.05, 4.69) is 35.4 Å². The van der Waals surface area contributed by atoms with Gasteiger partial charge in [-0.25, -0.2) is 4.98 Å². The molecule has 0 N–H and O–H groups in total. The highest BCUT2D eigenvalue weighted by molar-refractivity contribution is 5.98. The van der Waals surface area contributed by atoms with Crippen LogP contribution in [0.2, 0.25) is 0 Å². The SMILES string of the molecule is CCC[C@@H]1CN(C(=O)c2ccc3c(c2)nc(N2CCOCC2)n3C)C[C@H]1N(C)C. The van der Waals surface area contributed by atoms with Crippen molar-refractivity contribution in [2.45, 2.75) is 25.8 Å². The number of nitrogens with zero attached hydrogens (tertiary/aromatic N) is 5. The predicted octanol–water partition coefficient (Wildman–Crippen LogP) is 2.21. The van der Waals surface area contributed by atoms with Gasteiger partial charge in [-0.05, 0) is 44.6 Å². The Morgan fingerprint density at radius 2 is 2.00 bits per heavy atom. The van der Waals surface area contributed by atoms with Crippen LogP contribution in [0, 0.1) is 5.92 Å². The number of rotatable bonds is 5. The lowest BCUT2D eigenvalue weighted by Crippen LogP contribution is -2.37. The minimum atomic E-state index is 0.121. The summed E-state index contributed by atoms with van der Waals surface area (Å²) in [5.41, 5.74) is 2.67. The zero-order valence-electron chi connectivity index (χ0n) is 18.1. The number of carbonyl (C=O) groups is 1. The van der Waals surface area contributed by atoms with Gasteiger partial charge >= 0.3 is 0 Å². The first-order chi connectivity index (χ1) is 14.0. The number of carbonyl (C=O) groups excluding carboxylic acids is 1. The van der Waals surface area contributed by atoms with Crippen molar-refractivity contribution in [3.8, 4) is 0 Å². The third-order valence-electron chi connectivity index (χ3n) is 6.41. The Morgan fingerprint density at radius 3 is 2.69 bits per heavy atom. The van der Waals surface area contributed by atoms with Crippen molar-refractivity contribution < 1.29 is 9.53 Å². The molecule has 0 unspecified atom stereocenters. The van der Waals surface area contributed by atoms with Crippen molar-refractivity contribution in [2.24, 2.45) is 13.0 Å². The van der Waals surface area contributed by atoms with Crippen molar-refractivity contribution >= 4 is 22.9 Å². The Bertz CT molecular complexity index is 871. The fraction of sp³-hybridized carbons (Fsp3) is 0.636. The largest absolute Gasteiger partial charge is 0.378 e. The van der Waals surface area contributed by atoms with Crippen molar-refractivity contribution in [3.63, 3.8) is 0 Å². The highest BCUT2D eigenvalue weighted by Gasteiger charge is 2.36. The third kappa shape index (κ3) is 3.85. The van der Waals surface area contributed by atoms with E-state index in [1.54, 1.807) is 0 Å². The molecule has 0 spiro atoms. The summed E-state index contributed by atoms with van der Waals surface area (Å²) in [5.74, 6) is 1.62. The van der Waals surface area contributed by atoms with Gasteiger partial charge in [-0.2, -0.15) is 0 Å². The number of benzene rings is 1. The van der Waals surface area contributed by atoms with Gasteiger partial charge in [-0.3, -0.25) is 4.79 Å². The van der Waals surface area contributed by atoms with Crippen molar-refractivity contribution in [3.05, 3.63) is 23.8 Å². The lowest BCUT2D eigenvalue weighted by molar-refractivity contribution is 0.0781. The number of likely N-dealkylation sites (N-methyl/N-ethyl adjacent to an activating group) is 1. The van der Waals surface area contributed by atoms with Crippen LogP contribution in [0.25, 0.3) is 11.0 Å². The van der Waals surface area contributed by atoms with Gasteiger partial charge in [0.1, 0.15) is 0 Å². The van der Waals surface area contributed by atoms with Crippen LogP contribution in [-0.2, 0) is 11.8 Å². The third-order valence-corrected chi connectivity index (χ3v) is 6.41. The fourth-order valence-electron chi connectivity index (χ4n) is 4.81. The van der Waals surface area contributed by atoms with Crippen LogP contribution in [0.5, 0.6) is 0 Å². The molecule has 1 amide bonds. The minimum Gasteiger partial charge on any atom is -0.378 e. The molecule has 2 aliphatic rings. The van der Waals surface area contributed by atoms with Crippen LogP contribution in [0.15, 0.2) is 18.2 Å². The van der Waals surface area contributed by atoms with E-state index in [1.165, 1.54) is 0 Å². The fourth-order valence-corrected chi connectivity index (χ4v) is 4.81. The maximum absolute atomic E-state index is 13.2. The number of aromatic nitrogens is 2. The van der Waals surface area contributed by atoms with E-state index in [1.807, 2.05) is 30.1 Å². The zero-order chi connectivity index (χ0) is 20.5. The Kier molecular flexibility index (Phi) is 5.79. The first kappa shape index (κ1) is 20.2. The standard InChI is InChI=1S/C22H33N5O2/c1-5-6-17-14-27(15-20(17)24(2)3)21(28)16-7-8-19-18(13-16)23-22(25(19)4)26-9-11-29-12-10-26/h7-8,13,17,20H,5-6,9-12,14-15H2,1-4H3/t17-,20-/m1/s1. The normalized spacial score (nSPS) is 22.8. The molecule has 1 aromatic carbocycles. The molecule has 7 nitrogen and oxygen atoms in total. The topological polar surface area (TPSA) is 53.8 Å². The number of hydrogen-bond acceptors (Lipinski definition) is 5. The van der Waals surface area contributed by atoms with Gasteiger partial charge < -0.3 is 24.0 Å². The van der Waals surface area contributed by atoms with Crippen LogP contribution in [-0.4, -0.2) is 84.8 Å². The van der Waals surface area contributed by atoms with Crippen LogP contribution < -0.4 is 4.90 Å². The molecule has 2 aromatic rings. The number of imidazole rings is 1. The summed E-state index contributed by atoms with van der Waals surface area (Å²) in [6.45, 7) is 7.02. The Balaban J connectivity index is 1.57. The average Bonchev–Trinajstić information content (AvgIpc) is 3.30. The quantitative estimate of drug-likeness (QED) is 0.772. The lowest BCUT2D eigenvalue weighted by atomic mass is 9.98. The lowest BCUT2D eigenvalue weighted by Gasteiger charge is -2.27. The molecule has 3 heterocycles. The highest BCUT2D eigenvalue weighted by atomic mass is 16.5. The van der Waals surface area contributed by atoms with Crippen molar-refractivity contribution in [2.75, 3.05) is 58.4 Å². The van der Waals surface area contributed by atoms with Gasteiger partial charge in [0, 0.05) is 44.8 Å². The number of ether oxygens (including phenoxy) is 1. The molecular weight excluding hydrogens is 366 g/mol. The second kappa shape index (κ2) is 8.32. The second-order valence-corrected chi connectivity index (χ2v) is 8.56. The second-order valence-electron chi connectivity index (χ2n) is 8.56. The summed E-state index contributed by atoms with van der Waals surface area (Å²) in [5, 5.41) is 0. The van der Waals surface area contributed by atoms with Gasteiger partial charge in [0.25, 0.3) is 5.91 Å². The number of amides is 1. The number of aryl methyl sites for hydroxylation is 1. The predicted molar refractivity (Wildman–Crippen MR) is 116 cm³/mol. The average molecular weight is 400 g/mol. The molecule has 0 bridgehead atoms.